The summed E-state index contributed by atoms with van der Waals surface area (Å²) in [5.41, 5.74) is 2.15. The van der Waals surface area contributed by atoms with E-state index in [1.54, 1.807) is 19.1 Å². The van der Waals surface area contributed by atoms with Crippen molar-refractivity contribution in [2.75, 3.05) is 27.8 Å². The van der Waals surface area contributed by atoms with Crippen LogP contribution in [-0.4, -0.2) is 38.6 Å². The molecule has 0 radical (unpaired) electrons. The zero-order chi connectivity index (χ0) is 20.1. The van der Waals surface area contributed by atoms with Crippen LogP contribution in [0.5, 0.6) is 11.5 Å². The van der Waals surface area contributed by atoms with Gasteiger partial charge < -0.3 is 14.4 Å². The predicted molar refractivity (Wildman–Crippen MR) is 115 cm³/mol. The molecule has 146 valence electrons. The lowest BCUT2D eigenvalue weighted by atomic mass is 10.1. The van der Waals surface area contributed by atoms with Crippen LogP contribution in [0.25, 0.3) is 10.4 Å². The van der Waals surface area contributed by atoms with E-state index in [2.05, 4.69) is 0 Å². The van der Waals surface area contributed by atoms with Gasteiger partial charge in [0.15, 0.2) is 11.5 Å². The summed E-state index contributed by atoms with van der Waals surface area (Å²) in [6, 6.07) is 17.3. The molecule has 1 amide bonds. The molecule has 0 saturated carbocycles. The van der Waals surface area contributed by atoms with E-state index in [0.717, 1.165) is 27.3 Å². The lowest BCUT2D eigenvalue weighted by Gasteiger charge is -2.17. The highest BCUT2D eigenvalue weighted by Gasteiger charge is 2.15. The van der Waals surface area contributed by atoms with E-state index in [9.17, 15) is 4.79 Å². The number of carbonyl (C=O) groups excluding carboxylic acids is 1. The summed E-state index contributed by atoms with van der Waals surface area (Å²) in [6.07, 6.45) is 0.734. The van der Waals surface area contributed by atoms with Crippen LogP contribution in [0.3, 0.4) is 0 Å². The standard InChI is InChI=1S/C22H22ClNO3S/c1-24(13-12-15-4-9-18(26-2)19(14-15)27-3)22(25)21-11-10-20(28-21)16-5-7-17(23)8-6-16/h4-11,14H,12-13H2,1-3H3. The van der Waals surface area contributed by atoms with Gasteiger partial charge in [0.05, 0.1) is 19.1 Å². The number of rotatable bonds is 7. The second-order valence-corrected chi connectivity index (χ2v) is 7.86. The molecule has 1 heterocycles. The zero-order valence-corrected chi connectivity index (χ0v) is 17.6. The number of carbonyl (C=O) groups is 1. The summed E-state index contributed by atoms with van der Waals surface area (Å²) >= 11 is 7.44. The first-order valence-electron chi connectivity index (χ1n) is 8.84. The van der Waals surface area contributed by atoms with Gasteiger partial charge in [0.2, 0.25) is 0 Å². The van der Waals surface area contributed by atoms with Crippen molar-refractivity contribution in [3.63, 3.8) is 0 Å². The highest BCUT2D eigenvalue weighted by molar-refractivity contribution is 7.17. The Bertz CT molecular complexity index is 953. The molecule has 6 heteroatoms. The van der Waals surface area contributed by atoms with Gasteiger partial charge in [0.25, 0.3) is 5.91 Å². The van der Waals surface area contributed by atoms with Crippen molar-refractivity contribution in [3.05, 3.63) is 70.1 Å². The monoisotopic (exact) mass is 415 g/mol. The molecule has 4 nitrogen and oxygen atoms in total. The topological polar surface area (TPSA) is 38.8 Å². The van der Waals surface area contributed by atoms with Crippen molar-refractivity contribution in [2.45, 2.75) is 6.42 Å². The van der Waals surface area contributed by atoms with Crippen LogP contribution in [0.1, 0.15) is 15.2 Å². The van der Waals surface area contributed by atoms with Gasteiger partial charge in [-0.2, -0.15) is 0 Å². The van der Waals surface area contributed by atoms with E-state index < -0.39 is 0 Å². The first-order valence-corrected chi connectivity index (χ1v) is 10.0. The molecule has 0 saturated heterocycles. The van der Waals surface area contributed by atoms with E-state index >= 15 is 0 Å². The smallest absolute Gasteiger partial charge is 0.263 e. The summed E-state index contributed by atoms with van der Waals surface area (Å²) in [5.74, 6) is 1.41. The Kier molecular flexibility index (Phi) is 6.60. The van der Waals surface area contributed by atoms with Crippen molar-refractivity contribution in [2.24, 2.45) is 0 Å². The summed E-state index contributed by atoms with van der Waals surface area (Å²) in [4.78, 5) is 16.3. The zero-order valence-electron chi connectivity index (χ0n) is 16.1. The number of thiophene rings is 1. The maximum Gasteiger partial charge on any atom is 0.263 e. The molecule has 0 spiro atoms. The fraction of sp³-hybridized carbons (Fsp3) is 0.227. The number of ether oxygens (including phenoxy) is 2. The highest BCUT2D eigenvalue weighted by atomic mass is 35.5. The fourth-order valence-electron chi connectivity index (χ4n) is 2.84. The molecule has 3 rings (SSSR count). The highest BCUT2D eigenvalue weighted by Crippen LogP contribution is 2.30. The van der Waals surface area contributed by atoms with E-state index in [-0.39, 0.29) is 5.91 Å². The van der Waals surface area contributed by atoms with E-state index in [4.69, 9.17) is 21.1 Å². The average Bonchev–Trinajstić information content (AvgIpc) is 3.21. The average molecular weight is 416 g/mol. The van der Waals surface area contributed by atoms with Crippen molar-refractivity contribution in [1.29, 1.82) is 0 Å². The molecule has 0 unspecified atom stereocenters. The Morgan fingerprint density at radius 2 is 1.71 bits per heavy atom. The molecular formula is C22H22ClNO3S. The molecule has 0 fully saturated rings. The first kappa shape index (κ1) is 20.2. The van der Waals surface area contributed by atoms with Crippen LogP contribution in [0.4, 0.5) is 0 Å². The van der Waals surface area contributed by atoms with Gasteiger partial charge in [0.1, 0.15) is 0 Å². The van der Waals surface area contributed by atoms with Crippen LogP contribution in [-0.2, 0) is 6.42 Å². The summed E-state index contributed by atoms with van der Waals surface area (Å²) in [5, 5.41) is 0.700. The maximum atomic E-state index is 12.8. The number of likely N-dealkylation sites (N-methyl/N-ethyl adjacent to an activating group) is 1. The second kappa shape index (κ2) is 9.13. The van der Waals surface area contributed by atoms with Crippen LogP contribution in [0, 0.1) is 0 Å². The van der Waals surface area contributed by atoms with Gasteiger partial charge in [-0.05, 0) is 53.9 Å². The maximum absolute atomic E-state index is 12.8. The second-order valence-electron chi connectivity index (χ2n) is 6.34. The number of methoxy groups -OCH3 is 2. The Balaban J connectivity index is 1.64. The van der Waals surface area contributed by atoms with Crippen molar-refractivity contribution >= 4 is 28.8 Å². The largest absolute Gasteiger partial charge is 0.493 e. The van der Waals surface area contributed by atoms with Gasteiger partial charge in [-0.1, -0.05) is 29.8 Å². The quantitative estimate of drug-likeness (QED) is 0.518. The van der Waals surface area contributed by atoms with Gasteiger partial charge in [-0.3, -0.25) is 4.79 Å². The predicted octanol–water partition coefficient (Wildman–Crippen LogP) is 5.40. The molecule has 0 N–H and O–H groups in total. The van der Waals surface area contributed by atoms with Gasteiger partial charge in [-0.15, -0.1) is 11.3 Å². The molecule has 0 aliphatic heterocycles. The molecule has 1 aromatic heterocycles. The number of nitrogens with zero attached hydrogens (tertiary/aromatic N) is 1. The normalized spacial score (nSPS) is 10.6. The Labute approximate surface area is 174 Å². The Hall–Kier alpha value is -2.50. The first-order chi connectivity index (χ1) is 13.5. The number of amides is 1. The van der Waals surface area contributed by atoms with E-state index in [1.165, 1.54) is 11.3 Å². The van der Waals surface area contributed by atoms with E-state index in [1.807, 2.05) is 61.6 Å². The van der Waals surface area contributed by atoms with Gasteiger partial charge >= 0.3 is 0 Å². The SMILES string of the molecule is COc1ccc(CCN(C)C(=O)c2ccc(-c3ccc(Cl)cc3)s2)cc1OC. The third-order valence-corrected chi connectivity index (χ3v) is 5.85. The van der Waals surface area contributed by atoms with Crippen molar-refractivity contribution in [1.82, 2.24) is 4.90 Å². The third-order valence-electron chi connectivity index (χ3n) is 4.48. The molecule has 0 aliphatic carbocycles. The fourth-order valence-corrected chi connectivity index (χ4v) is 3.98. The molecular weight excluding hydrogens is 394 g/mol. The number of hydrogen-bond acceptors (Lipinski definition) is 4. The number of benzene rings is 2. The number of halogens is 1. The molecule has 3 aromatic rings. The van der Waals surface area contributed by atoms with Crippen LogP contribution in [0.2, 0.25) is 5.02 Å². The Morgan fingerprint density at radius 3 is 2.39 bits per heavy atom. The lowest BCUT2D eigenvalue weighted by molar-refractivity contribution is 0.0801. The van der Waals surface area contributed by atoms with E-state index in [0.29, 0.717) is 23.1 Å². The van der Waals surface area contributed by atoms with Gasteiger partial charge in [-0.25, -0.2) is 0 Å². The minimum absolute atomic E-state index is 0.0192. The van der Waals surface area contributed by atoms with Gasteiger partial charge in [0, 0.05) is 23.5 Å². The summed E-state index contributed by atoms with van der Waals surface area (Å²) in [6.45, 7) is 0.614. The molecule has 28 heavy (non-hydrogen) atoms. The van der Waals surface area contributed by atoms with Crippen LogP contribution >= 0.6 is 22.9 Å². The minimum Gasteiger partial charge on any atom is -0.493 e. The molecule has 0 atom stereocenters. The van der Waals surface area contributed by atoms with Crippen LogP contribution in [0.15, 0.2) is 54.6 Å². The van der Waals surface area contributed by atoms with Crippen molar-refractivity contribution < 1.29 is 14.3 Å². The summed E-state index contributed by atoms with van der Waals surface area (Å²) in [7, 11) is 5.06. The number of hydrogen-bond donors (Lipinski definition) is 0. The van der Waals surface area contributed by atoms with Crippen molar-refractivity contribution in [3.8, 4) is 21.9 Å². The lowest BCUT2D eigenvalue weighted by Crippen LogP contribution is -2.28. The molecule has 0 bridgehead atoms. The Morgan fingerprint density at radius 1 is 1.00 bits per heavy atom. The summed E-state index contributed by atoms with van der Waals surface area (Å²) < 4.78 is 10.6. The third kappa shape index (κ3) is 4.66. The molecule has 0 aliphatic rings. The van der Waals surface area contributed by atoms with Crippen LogP contribution < -0.4 is 9.47 Å². The minimum atomic E-state index is 0.0192. The molecule has 2 aromatic carbocycles.